The van der Waals surface area contributed by atoms with Crippen molar-refractivity contribution >= 4 is 35.4 Å². The summed E-state index contributed by atoms with van der Waals surface area (Å²) in [6, 6.07) is 7.86. The Hall–Kier alpha value is -4.94. The van der Waals surface area contributed by atoms with E-state index in [1.165, 1.54) is 36.1 Å². The van der Waals surface area contributed by atoms with E-state index >= 15 is 0 Å². The lowest BCUT2D eigenvalue weighted by Crippen LogP contribution is -2.58. The molecule has 0 aliphatic carbocycles. The van der Waals surface area contributed by atoms with E-state index in [0.717, 1.165) is 5.56 Å². The summed E-state index contributed by atoms with van der Waals surface area (Å²) in [7, 11) is 0. The summed E-state index contributed by atoms with van der Waals surface area (Å²) in [5, 5.41) is 36.4. The first-order valence-electron chi connectivity index (χ1n) is 15.7. The maximum atomic E-state index is 13.7. The van der Waals surface area contributed by atoms with Gasteiger partial charge >= 0.3 is 5.97 Å². The highest BCUT2D eigenvalue weighted by atomic mass is 16.4. The third-order valence-electron chi connectivity index (χ3n) is 8.16. The predicted octanol–water partition coefficient (Wildman–Crippen LogP) is 1.68. The Balaban J connectivity index is 1.80. The number of phenolic OH excluding ortho intramolecular Hbond substituents is 2. The van der Waals surface area contributed by atoms with E-state index in [0.29, 0.717) is 31.4 Å². The summed E-state index contributed by atoms with van der Waals surface area (Å²) in [6.07, 6.45) is 0.481. The van der Waals surface area contributed by atoms with Crippen molar-refractivity contribution in [3.05, 3.63) is 59.7 Å². The van der Waals surface area contributed by atoms with Crippen molar-refractivity contribution in [2.75, 3.05) is 6.54 Å². The molecule has 5 atom stereocenters. The van der Waals surface area contributed by atoms with Gasteiger partial charge in [-0.1, -0.05) is 45.0 Å². The third kappa shape index (κ3) is 10.5. The van der Waals surface area contributed by atoms with E-state index in [2.05, 4.69) is 16.0 Å². The van der Waals surface area contributed by atoms with Gasteiger partial charge in [-0.3, -0.25) is 28.8 Å². The second-order valence-electron chi connectivity index (χ2n) is 12.4. The van der Waals surface area contributed by atoms with Gasteiger partial charge in [0.1, 0.15) is 29.6 Å². The molecule has 13 heteroatoms. The number of carbonyl (C=O) groups excluding carboxylic acids is 5. The zero-order valence-corrected chi connectivity index (χ0v) is 27.1. The van der Waals surface area contributed by atoms with Gasteiger partial charge in [0.25, 0.3) is 0 Å². The van der Waals surface area contributed by atoms with Crippen LogP contribution in [0, 0.1) is 11.8 Å². The monoisotopic (exact) mass is 652 g/mol. The van der Waals surface area contributed by atoms with Gasteiger partial charge in [0.15, 0.2) is 5.78 Å². The second-order valence-corrected chi connectivity index (χ2v) is 12.4. The second kappa shape index (κ2) is 16.6. The number of aromatic hydroxyl groups is 2. The van der Waals surface area contributed by atoms with Gasteiger partial charge in [-0.15, -0.1) is 0 Å². The molecule has 0 spiro atoms. The molecular formula is C34H44N4O9. The molecule has 1 aliphatic heterocycles. The van der Waals surface area contributed by atoms with E-state index in [1.54, 1.807) is 45.0 Å². The SMILES string of the molecule is CC(=O)C(NC(=O)C(CC(=O)O)NC(=O)C(Cc1ccc(O)cc1)NC(=O)C1CCCN1C(=O)C(C)Cc1ccc(O)cc1)C(C)C. The Labute approximate surface area is 273 Å². The van der Waals surface area contributed by atoms with Crippen LogP contribution in [0.3, 0.4) is 0 Å². The molecule has 0 saturated carbocycles. The molecule has 2 aromatic rings. The van der Waals surface area contributed by atoms with Crippen molar-refractivity contribution in [3.63, 3.8) is 0 Å². The number of hydrogen-bond donors (Lipinski definition) is 6. The molecule has 3 rings (SSSR count). The van der Waals surface area contributed by atoms with Crippen LogP contribution in [0.25, 0.3) is 0 Å². The fraction of sp³-hybridized carbons (Fsp3) is 0.471. The van der Waals surface area contributed by atoms with Gasteiger partial charge in [0.05, 0.1) is 12.5 Å². The van der Waals surface area contributed by atoms with Crippen LogP contribution in [-0.2, 0) is 41.6 Å². The van der Waals surface area contributed by atoms with Crippen molar-refractivity contribution in [2.24, 2.45) is 11.8 Å². The summed E-state index contributed by atoms with van der Waals surface area (Å²) >= 11 is 0. The maximum Gasteiger partial charge on any atom is 0.305 e. The minimum atomic E-state index is -1.55. The molecule has 13 nitrogen and oxygen atoms in total. The number of amides is 4. The minimum Gasteiger partial charge on any atom is -0.508 e. The smallest absolute Gasteiger partial charge is 0.305 e. The fourth-order valence-electron chi connectivity index (χ4n) is 5.65. The zero-order valence-electron chi connectivity index (χ0n) is 27.1. The number of aliphatic carboxylic acids is 1. The van der Waals surface area contributed by atoms with Gasteiger partial charge in [0, 0.05) is 18.9 Å². The minimum absolute atomic E-state index is 0.0105. The van der Waals surface area contributed by atoms with Crippen molar-refractivity contribution in [1.82, 2.24) is 20.9 Å². The van der Waals surface area contributed by atoms with Crippen LogP contribution in [-0.4, -0.2) is 86.3 Å². The normalized spacial score (nSPS) is 16.9. The van der Waals surface area contributed by atoms with E-state index in [1.807, 2.05) is 0 Å². The van der Waals surface area contributed by atoms with Gasteiger partial charge < -0.3 is 36.2 Å². The number of ketones is 1. The van der Waals surface area contributed by atoms with E-state index in [4.69, 9.17) is 0 Å². The first-order valence-corrected chi connectivity index (χ1v) is 15.7. The van der Waals surface area contributed by atoms with Crippen LogP contribution < -0.4 is 16.0 Å². The van der Waals surface area contributed by atoms with Crippen molar-refractivity contribution in [2.45, 2.75) is 84.0 Å². The molecule has 0 aromatic heterocycles. The molecular weight excluding hydrogens is 608 g/mol. The third-order valence-corrected chi connectivity index (χ3v) is 8.16. The number of rotatable bonds is 15. The van der Waals surface area contributed by atoms with Crippen LogP contribution in [0.15, 0.2) is 48.5 Å². The average Bonchev–Trinajstić information content (AvgIpc) is 3.50. The average molecular weight is 653 g/mol. The lowest BCUT2D eigenvalue weighted by molar-refractivity contribution is -0.142. The van der Waals surface area contributed by atoms with Gasteiger partial charge in [-0.05, 0) is 67.5 Å². The highest BCUT2D eigenvalue weighted by Gasteiger charge is 2.38. The van der Waals surface area contributed by atoms with Gasteiger partial charge in [-0.25, -0.2) is 0 Å². The molecule has 1 saturated heterocycles. The Morgan fingerprint density at radius 3 is 1.83 bits per heavy atom. The van der Waals surface area contributed by atoms with Crippen molar-refractivity contribution in [3.8, 4) is 11.5 Å². The number of carbonyl (C=O) groups is 6. The van der Waals surface area contributed by atoms with Crippen molar-refractivity contribution in [1.29, 1.82) is 0 Å². The molecule has 47 heavy (non-hydrogen) atoms. The fourth-order valence-corrected chi connectivity index (χ4v) is 5.65. The van der Waals surface area contributed by atoms with Crippen LogP contribution in [0.5, 0.6) is 11.5 Å². The van der Waals surface area contributed by atoms with E-state index < -0.39 is 60.2 Å². The van der Waals surface area contributed by atoms with Gasteiger partial charge in [0.2, 0.25) is 23.6 Å². The number of phenols is 2. The predicted molar refractivity (Wildman–Crippen MR) is 171 cm³/mol. The van der Waals surface area contributed by atoms with Crippen LogP contribution in [0.1, 0.15) is 58.1 Å². The largest absolute Gasteiger partial charge is 0.508 e. The topological polar surface area (TPSA) is 202 Å². The first kappa shape index (κ1) is 36.5. The quantitative estimate of drug-likeness (QED) is 0.166. The number of likely N-dealkylation sites (tertiary alicyclic amines) is 1. The molecule has 0 bridgehead atoms. The highest BCUT2D eigenvalue weighted by molar-refractivity contribution is 5.97. The Bertz CT molecular complexity index is 1440. The Kier molecular flexibility index (Phi) is 12.9. The first-order chi connectivity index (χ1) is 22.2. The number of nitrogens with one attached hydrogen (secondary N) is 3. The van der Waals surface area contributed by atoms with Crippen LogP contribution in [0.4, 0.5) is 0 Å². The lowest BCUT2D eigenvalue weighted by Gasteiger charge is -2.29. The Morgan fingerprint density at radius 1 is 0.787 bits per heavy atom. The summed E-state index contributed by atoms with van der Waals surface area (Å²) in [6.45, 7) is 6.83. The number of hydrogen-bond acceptors (Lipinski definition) is 8. The van der Waals surface area contributed by atoms with Crippen LogP contribution >= 0.6 is 0 Å². The molecule has 6 N–H and O–H groups in total. The summed E-state index contributed by atoms with van der Waals surface area (Å²) in [5.41, 5.74) is 1.40. The summed E-state index contributed by atoms with van der Waals surface area (Å²) in [4.78, 5) is 79.1. The van der Waals surface area contributed by atoms with Crippen LogP contribution in [0.2, 0.25) is 0 Å². The molecule has 1 fully saturated rings. The summed E-state index contributed by atoms with van der Waals surface area (Å²) < 4.78 is 0. The molecule has 254 valence electrons. The standard InChI is InChI=1S/C34H44N4O9/c1-19(2)30(21(4)39)37-32(45)27(18-29(42)43)35-31(44)26(17-23-9-13-25(41)14-10-23)36-33(46)28-6-5-15-38(28)34(47)20(3)16-22-7-11-24(40)12-8-22/h7-14,19-20,26-28,30,40-41H,5-6,15-18H2,1-4H3,(H,35,44)(H,36,46)(H,37,45)(H,42,43). The van der Waals surface area contributed by atoms with Gasteiger partial charge in [-0.2, -0.15) is 0 Å². The summed E-state index contributed by atoms with van der Waals surface area (Å²) in [5.74, 6) is -4.88. The zero-order chi connectivity index (χ0) is 34.8. The number of benzene rings is 2. The highest BCUT2D eigenvalue weighted by Crippen LogP contribution is 2.23. The molecule has 5 unspecified atom stereocenters. The molecule has 1 heterocycles. The number of nitrogens with zero attached hydrogens (tertiary/aromatic N) is 1. The van der Waals surface area contributed by atoms with Crippen molar-refractivity contribution < 1.29 is 44.1 Å². The molecule has 0 radical (unpaired) electrons. The molecule has 1 aliphatic rings. The maximum absolute atomic E-state index is 13.7. The lowest BCUT2D eigenvalue weighted by atomic mass is 9.99. The van der Waals surface area contributed by atoms with E-state index in [9.17, 15) is 44.1 Å². The number of carboxylic acid groups (broad SMARTS) is 1. The Morgan fingerprint density at radius 2 is 1.32 bits per heavy atom. The molecule has 4 amide bonds. The molecule has 2 aromatic carbocycles. The number of Topliss-reactive ketones (excluding diaryl/α,β-unsaturated/α-hetero) is 1. The number of carboxylic acids is 1. The van der Waals surface area contributed by atoms with E-state index in [-0.39, 0.29) is 35.5 Å².